The lowest BCUT2D eigenvalue weighted by molar-refractivity contribution is 0.181. The van der Waals surface area contributed by atoms with Gasteiger partial charge >= 0.3 is 6.03 Å². The topological polar surface area (TPSA) is 32.3 Å². The van der Waals surface area contributed by atoms with E-state index in [9.17, 15) is 13.6 Å². The number of halogens is 2. The van der Waals surface area contributed by atoms with Crippen molar-refractivity contribution in [1.29, 1.82) is 0 Å². The number of carbonyl (C=O) groups is 1. The van der Waals surface area contributed by atoms with Gasteiger partial charge in [-0.1, -0.05) is 50.8 Å². The summed E-state index contributed by atoms with van der Waals surface area (Å²) >= 11 is 1.83. The minimum Gasteiger partial charge on any atom is -0.317 e. The van der Waals surface area contributed by atoms with Crippen LogP contribution in [0, 0.1) is 11.6 Å². The highest BCUT2D eigenvalue weighted by Crippen LogP contribution is 2.38. The third kappa shape index (κ3) is 5.97. The molecule has 0 spiro atoms. The molecule has 2 aromatic rings. The molecule has 30 heavy (non-hydrogen) atoms. The van der Waals surface area contributed by atoms with E-state index in [1.807, 2.05) is 28.8 Å². The van der Waals surface area contributed by atoms with E-state index >= 15 is 0 Å². The van der Waals surface area contributed by atoms with Gasteiger partial charge in [-0.05, 0) is 48.8 Å². The number of benzene rings is 2. The standard InChI is InChI=1S/C24H30F2N2OS/c1-2-3-4-5-8-15-28(24(29)27-21-14-13-18(25)17-20(21)26)22-11-9-16-30-23-12-7-6-10-19(22)23/h6-7,10,12-14,17,22H,2-5,8-9,11,15-16H2,1H3,(H,27,29). The van der Waals surface area contributed by atoms with Gasteiger partial charge in [-0.3, -0.25) is 0 Å². The lowest BCUT2D eigenvalue weighted by Crippen LogP contribution is -2.39. The molecule has 0 bridgehead atoms. The van der Waals surface area contributed by atoms with Crippen molar-refractivity contribution >= 4 is 23.5 Å². The molecule has 1 heterocycles. The molecule has 2 aromatic carbocycles. The first kappa shape index (κ1) is 22.6. The number of rotatable bonds is 8. The Morgan fingerprint density at radius 1 is 1.13 bits per heavy atom. The molecule has 3 nitrogen and oxygen atoms in total. The third-order valence-electron chi connectivity index (χ3n) is 5.47. The van der Waals surface area contributed by atoms with Crippen LogP contribution in [-0.4, -0.2) is 23.2 Å². The summed E-state index contributed by atoms with van der Waals surface area (Å²) < 4.78 is 27.4. The Labute approximate surface area is 182 Å². The molecule has 2 amide bonds. The molecule has 1 N–H and O–H groups in total. The fourth-order valence-corrected chi connectivity index (χ4v) is 4.96. The fourth-order valence-electron chi connectivity index (χ4n) is 3.89. The Morgan fingerprint density at radius 2 is 1.93 bits per heavy atom. The maximum absolute atomic E-state index is 14.1. The SMILES string of the molecule is CCCCCCCN(C(=O)Nc1ccc(F)cc1F)C1CCCSc2ccccc21. The molecule has 1 atom stereocenters. The van der Waals surface area contributed by atoms with Gasteiger partial charge < -0.3 is 10.2 Å². The first-order valence-electron chi connectivity index (χ1n) is 10.8. The van der Waals surface area contributed by atoms with Crippen LogP contribution in [0.15, 0.2) is 47.4 Å². The van der Waals surface area contributed by atoms with E-state index < -0.39 is 11.6 Å². The summed E-state index contributed by atoms with van der Waals surface area (Å²) in [6.07, 6.45) is 7.36. The molecule has 0 saturated carbocycles. The highest BCUT2D eigenvalue weighted by molar-refractivity contribution is 7.99. The molecule has 162 valence electrons. The van der Waals surface area contributed by atoms with Gasteiger partial charge in [-0.25, -0.2) is 13.6 Å². The van der Waals surface area contributed by atoms with E-state index in [1.165, 1.54) is 23.8 Å². The van der Waals surface area contributed by atoms with E-state index in [2.05, 4.69) is 24.4 Å². The van der Waals surface area contributed by atoms with Gasteiger partial charge in [-0.2, -0.15) is 0 Å². The minimum absolute atomic E-state index is 0.00802. The summed E-state index contributed by atoms with van der Waals surface area (Å²) in [4.78, 5) is 16.3. The van der Waals surface area contributed by atoms with Gasteiger partial charge in [0.05, 0.1) is 11.7 Å². The highest BCUT2D eigenvalue weighted by atomic mass is 32.2. The number of nitrogens with zero attached hydrogens (tertiary/aromatic N) is 1. The number of urea groups is 1. The van der Waals surface area contributed by atoms with Gasteiger partial charge in [0.1, 0.15) is 11.6 Å². The Balaban J connectivity index is 1.81. The number of carbonyl (C=O) groups excluding carboxylic acids is 1. The quantitative estimate of drug-likeness (QED) is 0.441. The number of hydrogen-bond donors (Lipinski definition) is 1. The van der Waals surface area contributed by atoms with Crippen LogP contribution in [0.1, 0.15) is 63.5 Å². The molecule has 6 heteroatoms. The Bertz CT molecular complexity index is 846. The number of hydrogen-bond acceptors (Lipinski definition) is 2. The largest absolute Gasteiger partial charge is 0.322 e. The summed E-state index contributed by atoms with van der Waals surface area (Å²) in [6, 6.07) is 11.1. The number of amides is 2. The molecular weight excluding hydrogens is 402 g/mol. The van der Waals surface area contributed by atoms with Crippen LogP contribution in [0.2, 0.25) is 0 Å². The smallest absolute Gasteiger partial charge is 0.317 e. The average molecular weight is 433 g/mol. The van der Waals surface area contributed by atoms with Crippen LogP contribution in [0.3, 0.4) is 0 Å². The van der Waals surface area contributed by atoms with Crippen LogP contribution in [0.5, 0.6) is 0 Å². The zero-order valence-electron chi connectivity index (χ0n) is 17.5. The molecule has 0 saturated heterocycles. The number of unbranched alkanes of at least 4 members (excludes halogenated alkanes) is 4. The first-order valence-corrected chi connectivity index (χ1v) is 11.8. The van der Waals surface area contributed by atoms with Crippen LogP contribution in [-0.2, 0) is 0 Å². The predicted molar refractivity (Wildman–Crippen MR) is 120 cm³/mol. The summed E-state index contributed by atoms with van der Waals surface area (Å²) in [5.41, 5.74) is 1.16. The van der Waals surface area contributed by atoms with E-state index in [1.54, 1.807) is 0 Å². The maximum atomic E-state index is 14.1. The second kappa shape index (κ2) is 11.3. The van der Waals surface area contributed by atoms with Crippen molar-refractivity contribution in [2.45, 2.75) is 62.8 Å². The normalized spacial score (nSPS) is 15.9. The van der Waals surface area contributed by atoms with E-state index in [0.717, 1.165) is 55.6 Å². The fraction of sp³-hybridized carbons (Fsp3) is 0.458. The van der Waals surface area contributed by atoms with Crippen molar-refractivity contribution < 1.29 is 13.6 Å². The third-order valence-corrected chi connectivity index (χ3v) is 6.65. The van der Waals surface area contributed by atoms with Crippen molar-refractivity contribution in [3.63, 3.8) is 0 Å². The van der Waals surface area contributed by atoms with Gasteiger partial charge in [0.15, 0.2) is 0 Å². The van der Waals surface area contributed by atoms with Crippen LogP contribution in [0.25, 0.3) is 0 Å². The van der Waals surface area contributed by atoms with Crippen molar-refractivity contribution in [3.05, 3.63) is 59.7 Å². The lowest BCUT2D eigenvalue weighted by atomic mass is 10.00. The molecule has 1 aliphatic heterocycles. The number of fused-ring (bicyclic) bond motifs is 1. The zero-order chi connectivity index (χ0) is 21.3. The molecular formula is C24H30F2N2OS. The van der Waals surface area contributed by atoms with Gasteiger partial charge in [0.2, 0.25) is 0 Å². The second-order valence-electron chi connectivity index (χ2n) is 7.71. The maximum Gasteiger partial charge on any atom is 0.322 e. The zero-order valence-corrected chi connectivity index (χ0v) is 18.3. The number of anilines is 1. The molecule has 0 fully saturated rings. The van der Waals surface area contributed by atoms with Crippen molar-refractivity contribution in [1.82, 2.24) is 4.90 Å². The summed E-state index contributed by atoms with van der Waals surface area (Å²) in [6.45, 7) is 2.79. The molecule has 0 aromatic heterocycles. The van der Waals surface area contributed by atoms with Gasteiger partial charge in [0, 0.05) is 17.5 Å². The number of thioether (sulfide) groups is 1. The van der Waals surface area contributed by atoms with Crippen molar-refractivity contribution in [3.8, 4) is 0 Å². The lowest BCUT2D eigenvalue weighted by Gasteiger charge is -2.32. The molecule has 0 aliphatic carbocycles. The van der Waals surface area contributed by atoms with Crippen molar-refractivity contribution in [2.24, 2.45) is 0 Å². The van der Waals surface area contributed by atoms with E-state index in [4.69, 9.17) is 0 Å². The molecule has 3 rings (SSSR count). The first-order chi connectivity index (χ1) is 14.6. The molecule has 1 aliphatic rings. The van der Waals surface area contributed by atoms with Crippen LogP contribution >= 0.6 is 11.8 Å². The van der Waals surface area contributed by atoms with Crippen molar-refractivity contribution in [2.75, 3.05) is 17.6 Å². The Morgan fingerprint density at radius 3 is 2.73 bits per heavy atom. The van der Waals surface area contributed by atoms with Gasteiger partial charge in [-0.15, -0.1) is 11.8 Å². The highest BCUT2D eigenvalue weighted by Gasteiger charge is 2.28. The summed E-state index contributed by atoms with van der Waals surface area (Å²) in [5, 5.41) is 2.68. The Kier molecular flexibility index (Phi) is 8.55. The average Bonchev–Trinajstić information content (AvgIpc) is 2.95. The molecule has 0 radical (unpaired) electrons. The number of nitrogens with one attached hydrogen (secondary N) is 1. The molecule has 1 unspecified atom stereocenters. The van der Waals surface area contributed by atoms with Gasteiger partial charge in [0.25, 0.3) is 0 Å². The Hall–Kier alpha value is -2.08. The van der Waals surface area contributed by atoms with Crippen LogP contribution in [0.4, 0.5) is 19.3 Å². The minimum atomic E-state index is -0.761. The monoisotopic (exact) mass is 432 g/mol. The summed E-state index contributed by atoms with van der Waals surface area (Å²) in [7, 11) is 0. The summed E-state index contributed by atoms with van der Waals surface area (Å²) in [5.74, 6) is -0.400. The second-order valence-corrected chi connectivity index (χ2v) is 8.84. The predicted octanol–water partition coefficient (Wildman–Crippen LogP) is 7.40. The van der Waals surface area contributed by atoms with E-state index in [0.29, 0.717) is 6.54 Å². The van der Waals surface area contributed by atoms with E-state index in [-0.39, 0.29) is 17.8 Å². The van der Waals surface area contributed by atoms with Crippen LogP contribution < -0.4 is 5.32 Å².